The fourth-order valence-electron chi connectivity index (χ4n) is 4.33. The number of para-hydroxylation sites is 1. The van der Waals surface area contributed by atoms with Crippen LogP contribution >= 0.6 is 0 Å². The number of benzene rings is 1. The normalized spacial score (nSPS) is 19.7. The van der Waals surface area contributed by atoms with E-state index in [1.54, 1.807) is 16.5 Å². The van der Waals surface area contributed by atoms with Crippen molar-refractivity contribution in [3.05, 3.63) is 40.3 Å². The molecule has 2 aliphatic rings. The minimum Gasteiger partial charge on any atom is -0.444 e. The Balaban J connectivity index is 1.69. The van der Waals surface area contributed by atoms with E-state index in [1.165, 1.54) is 4.57 Å². The monoisotopic (exact) mass is 440 g/mol. The van der Waals surface area contributed by atoms with Crippen molar-refractivity contribution in [1.29, 1.82) is 0 Å². The van der Waals surface area contributed by atoms with Crippen LogP contribution < -0.4 is 11.0 Å². The number of ether oxygens (including phenoxy) is 1. The zero-order valence-electron chi connectivity index (χ0n) is 18.8. The van der Waals surface area contributed by atoms with Gasteiger partial charge in [0, 0.05) is 32.1 Å². The molecule has 1 saturated heterocycles. The van der Waals surface area contributed by atoms with Gasteiger partial charge in [-0.3, -0.25) is 24.0 Å². The lowest BCUT2D eigenvalue weighted by atomic mass is 9.98. The van der Waals surface area contributed by atoms with Crippen LogP contribution in [-0.2, 0) is 21.4 Å². The predicted octanol–water partition coefficient (Wildman–Crippen LogP) is 2.34. The lowest BCUT2D eigenvalue weighted by Gasteiger charge is -2.29. The smallest absolute Gasteiger partial charge is 0.410 e. The van der Waals surface area contributed by atoms with Crippen LogP contribution in [0.1, 0.15) is 51.6 Å². The number of imide groups is 1. The number of aromatic nitrogens is 2. The third-order valence-corrected chi connectivity index (χ3v) is 5.83. The molecule has 3 heterocycles. The van der Waals surface area contributed by atoms with Gasteiger partial charge in [0.1, 0.15) is 11.6 Å². The van der Waals surface area contributed by atoms with Crippen molar-refractivity contribution >= 4 is 34.5 Å². The molecule has 1 aromatic carbocycles. The van der Waals surface area contributed by atoms with Gasteiger partial charge in [-0.15, -0.1) is 0 Å². The quantitative estimate of drug-likeness (QED) is 0.722. The van der Waals surface area contributed by atoms with Crippen molar-refractivity contribution in [2.45, 2.75) is 51.7 Å². The average Bonchev–Trinajstić information content (AvgIpc) is 2.98. The number of fused-ring (bicyclic) bond motifs is 1. The van der Waals surface area contributed by atoms with Gasteiger partial charge in [0.05, 0.1) is 11.0 Å². The number of amides is 3. The molecule has 0 aliphatic carbocycles. The zero-order chi connectivity index (χ0) is 23.2. The number of rotatable bonds is 2. The Morgan fingerprint density at radius 3 is 2.53 bits per heavy atom. The predicted molar refractivity (Wildman–Crippen MR) is 119 cm³/mol. The minimum absolute atomic E-state index is 0.199. The molecule has 32 heavy (non-hydrogen) atoms. The van der Waals surface area contributed by atoms with Crippen LogP contribution in [0.2, 0.25) is 0 Å². The zero-order valence-corrected chi connectivity index (χ0v) is 18.8. The van der Waals surface area contributed by atoms with Crippen LogP contribution in [0.3, 0.4) is 0 Å². The van der Waals surface area contributed by atoms with Gasteiger partial charge in [-0.25, -0.2) is 9.59 Å². The molecule has 1 N–H and O–H groups in total. The van der Waals surface area contributed by atoms with Crippen LogP contribution in [0, 0.1) is 0 Å². The molecule has 1 unspecified atom stereocenters. The summed E-state index contributed by atoms with van der Waals surface area (Å²) in [5.41, 5.74) is 2.47. The van der Waals surface area contributed by atoms with E-state index in [9.17, 15) is 19.2 Å². The molecule has 1 fully saturated rings. The van der Waals surface area contributed by atoms with Gasteiger partial charge >= 0.3 is 11.8 Å². The fourth-order valence-corrected chi connectivity index (χ4v) is 4.33. The maximum Gasteiger partial charge on any atom is 0.410 e. The molecular formula is C23H28N4O5. The molecule has 0 saturated carbocycles. The first-order chi connectivity index (χ1) is 15.1. The summed E-state index contributed by atoms with van der Waals surface area (Å²) < 4.78 is 8.49. The second-order valence-electron chi connectivity index (χ2n) is 9.26. The summed E-state index contributed by atoms with van der Waals surface area (Å²) in [6, 6.07) is 4.91. The molecule has 0 bridgehead atoms. The lowest BCUT2D eigenvalue weighted by Crippen LogP contribution is -2.44. The highest BCUT2D eigenvalue weighted by molar-refractivity contribution is 6.00. The average molecular weight is 441 g/mol. The Bertz CT molecular complexity index is 1200. The van der Waals surface area contributed by atoms with Crippen molar-refractivity contribution in [3.8, 4) is 0 Å². The van der Waals surface area contributed by atoms with Crippen LogP contribution in [0.4, 0.5) is 4.79 Å². The van der Waals surface area contributed by atoms with Crippen LogP contribution in [0.15, 0.2) is 29.1 Å². The largest absolute Gasteiger partial charge is 0.444 e. The molecule has 9 nitrogen and oxygen atoms in total. The van der Waals surface area contributed by atoms with Crippen LogP contribution in [0.25, 0.3) is 16.6 Å². The Hall–Kier alpha value is -3.36. The number of hydrogen-bond donors (Lipinski definition) is 1. The fraction of sp³-hybridized carbons (Fsp3) is 0.478. The summed E-state index contributed by atoms with van der Waals surface area (Å²) in [7, 11) is 1.69. The van der Waals surface area contributed by atoms with Gasteiger partial charge < -0.3 is 9.64 Å². The molecule has 3 amide bonds. The highest BCUT2D eigenvalue weighted by Crippen LogP contribution is 2.31. The van der Waals surface area contributed by atoms with Gasteiger partial charge in [0.2, 0.25) is 11.8 Å². The number of hydrogen-bond acceptors (Lipinski definition) is 5. The topological polar surface area (TPSA) is 103 Å². The Morgan fingerprint density at radius 2 is 1.91 bits per heavy atom. The molecule has 170 valence electrons. The van der Waals surface area contributed by atoms with E-state index < -0.39 is 17.6 Å². The first kappa shape index (κ1) is 21.9. The number of nitrogens with zero attached hydrogens (tertiary/aromatic N) is 3. The molecule has 0 spiro atoms. The molecular weight excluding hydrogens is 412 g/mol. The number of aryl methyl sites for hydroxylation is 1. The number of piperidine rings is 1. The van der Waals surface area contributed by atoms with E-state index in [4.69, 9.17) is 4.74 Å². The maximum atomic E-state index is 13.1. The Morgan fingerprint density at radius 1 is 1.16 bits per heavy atom. The maximum absolute atomic E-state index is 13.1. The summed E-state index contributed by atoms with van der Waals surface area (Å²) in [6.07, 6.45) is 2.75. The second-order valence-corrected chi connectivity index (χ2v) is 9.26. The van der Waals surface area contributed by atoms with Crippen molar-refractivity contribution in [1.82, 2.24) is 19.4 Å². The summed E-state index contributed by atoms with van der Waals surface area (Å²) in [5.74, 6) is -0.770. The summed E-state index contributed by atoms with van der Waals surface area (Å²) in [4.78, 5) is 51.1. The highest BCUT2D eigenvalue weighted by atomic mass is 16.6. The molecule has 9 heteroatoms. The first-order valence-corrected chi connectivity index (χ1v) is 10.8. The van der Waals surface area contributed by atoms with Crippen LogP contribution in [-0.4, -0.2) is 50.6 Å². The first-order valence-electron chi connectivity index (χ1n) is 10.8. The number of imidazole rings is 1. The van der Waals surface area contributed by atoms with E-state index in [-0.39, 0.29) is 24.1 Å². The second kappa shape index (κ2) is 7.96. The molecule has 0 radical (unpaired) electrons. The number of carbonyl (C=O) groups is 3. The molecule has 1 aromatic heterocycles. The molecule has 2 aliphatic heterocycles. The number of nitrogens with one attached hydrogen (secondary N) is 1. The lowest BCUT2D eigenvalue weighted by molar-refractivity contribution is -0.135. The van der Waals surface area contributed by atoms with Gasteiger partial charge in [0.25, 0.3) is 0 Å². The third kappa shape index (κ3) is 3.94. The van der Waals surface area contributed by atoms with E-state index in [1.807, 2.05) is 45.0 Å². The van der Waals surface area contributed by atoms with E-state index in [0.29, 0.717) is 31.4 Å². The van der Waals surface area contributed by atoms with Crippen molar-refractivity contribution in [3.63, 3.8) is 0 Å². The highest BCUT2D eigenvalue weighted by Gasteiger charge is 2.32. The SMILES string of the molecule is Cn1c(=O)n(C2CCC(=O)NC2=O)c2cccc(C3=CCN(C(=O)OC(C)(C)C)CC3)c21. The summed E-state index contributed by atoms with van der Waals surface area (Å²) in [5, 5.41) is 2.33. The van der Waals surface area contributed by atoms with Gasteiger partial charge in [0.15, 0.2) is 0 Å². The minimum atomic E-state index is -0.720. The van der Waals surface area contributed by atoms with E-state index in [0.717, 1.165) is 16.7 Å². The number of carbonyl (C=O) groups excluding carboxylic acids is 3. The summed E-state index contributed by atoms with van der Waals surface area (Å²) >= 11 is 0. The van der Waals surface area contributed by atoms with Crippen LogP contribution in [0.5, 0.6) is 0 Å². The van der Waals surface area contributed by atoms with E-state index in [2.05, 4.69) is 5.32 Å². The molecule has 1 atom stereocenters. The molecule has 2 aromatic rings. The van der Waals surface area contributed by atoms with Gasteiger partial charge in [-0.2, -0.15) is 0 Å². The van der Waals surface area contributed by atoms with E-state index >= 15 is 0 Å². The third-order valence-electron chi connectivity index (χ3n) is 5.83. The molecule has 4 rings (SSSR count). The Labute approximate surface area is 185 Å². The van der Waals surface area contributed by atoms with Gasteiger partial charge in [-0.05, 0) is 45.3 Å². The summed E-state index contributed by atoms with van der Waals surface area (Å²) in [6.45, 7) is 6.45. The van der Waals surface area contributed by atoms with Gasteiger partial charge in [-0.1, -0.05) is 18.2 Å². The van der Waals surface area contributed by atoms with Crippen molar-refractivity contribution < 1.29 is 19.1 Å². The van der Waals surface area contributed by atoms with Crippen molar-refractivity contribution in [2.24, 2.45) is 7.05 Å². The Kier molecular flexibility index (Phi) is 5.44. The van der Waals surface area contributed by atoms with Crippen molar-refractivity contribution in [2.75, 3.05) is 13.1 Å². The standard InChI is InChI=1S/C23H28N4O5/c1-23(2,3)32-22(31)26-12-10-14(11-13-26)15-6-5-7-16-19(15)25(4)21(30)27(16)17-8-9-18(28)24-20(17)29/h5-7,10,17H,8-9,11-13H2,1-4H3,(H,24,28,29).